The van der Waals surface area contributed by atoms with Gasteiger partial charge in [-0.05, 0) is 74.9 Å². The smallest absolute Gasteiger partial charge is 0.122 e. The molecule has 1 heterocycles. The summed E-state index contributed by atoms with van der Waals surface area (Å²) >= 11 is 6.04. The van der Waals surface area contributed by atoms with Gasteiger partial charge in [0.25, 0.3) is 0 Å². The molecule has 1 fully saturated rings. The van der Waals surface area contributed by atoms with Gasteiger partial charge in [-0.25, -0.2) is 0 Å². The normalized spacial score (nSPS) is 19.1. The average molecular weight is 322 g/mol. The lowest BCUT2D eigenvalue weighted by Gasteiger charge is -2.30. The number of hydrogen-bond acceptors (Lipinski definition) is 2. The van der Waals surface area contributed by atoms with Crippen LogP contribution in [0.1, 0.15) is 38.2 Å². The monoisotopic (exact) mass is 321 g/mol. The molecule has 0 radical (unpaired) electrons. The van der Waals surface area contributed by atoms with Crippen molar-refractivity contribution in [1.29, 1.82) is 0 Å². The number of likely N-dealkylation sites (tertiary alicyclic amines) is 1. The molecule has 3 heteroatoms. The number of benzene rings is 1. The van der Waals surface area contributed by atoms with Crippen LogP contribution in [0.25, 0.3) is 0 Å². The van der Waals surface area contributed by atoms with Crippen LogP contribution in [0.5, 0.6) is 5.75 Å². The zero-order valence-electron chi connectivity index (χ0n) is 13.7. The summed E-state index contributed by atoms with van der Waals surface area (Å²) in [6.45, 7) is 10.7. The van der Waals surface area contributed by atoms with Crippen LogP contribution in [0.2, 0.25) is 5.02 Å². The largest absolute Gasteiger partial charge is 0.493 e. The van der Waals surface area contributed by atoms with Crippen molar-refractivity contribution in [2.75, 3.05) is 26.2 Å². The van der Waals surface area contributed by atoms with Crippen LogP contribution in [0.3, 0.4) is 0 Å². The second-order valence-electron chi connectivity index (χ2n) is 6.35. The molecule has 0 spiro atoms. The first kappa shape index (κ1) is 17.4. The maximum Gasteiger partial charge on any atom is 0.122 e. The number of rotatable bonds is 8. The van der Waals surface area contributed by atoms with E-state index in [1.54, 1.807) is 0 Å². The standard InChI is InChI=1S/C19H28ClNO/c1-3-7-17-14-18(20)9-10-19(17)22-13-5-4-11-21-12-6-8-16(2)15-21/h3,9-10,14,16H,1,4-8,11-13,15H2,2H3/t16-/m0/s1. The van der Waals surface area contributed by atoms with Crippen LogP contribution in [-0.4, -0.2) is 31.1 Å². The number of unbranched alkanes of at least 4 members (excludes halogenated alkanes) is 1. The number of nitrogens with zero attached hydrogens (tertiary/aromatic N) is 1. The first-order valence-electron chi connectivity index (χ1n) is 8.43. The van der Waals surface area contributed by atoms with Gasteiger partial charge < -0.3 is 9.64 Å². The van der Waals surface area contributed by atoms with E-state index in [9.17, 15) is 0 Å². The van der Waals surface area contributed by atoms with Gasteiger partial charge in [0.1, 0.15) is 5.75 Å². The molecule has 0 saturated carbocycles. The molecule has 0 bridgehead atoms. The summed E-state index contributed by atoms with van der Waals surface area (Å²) in [7, 11) is 0. The number of allylic oxidation sites excluding steroid dienone is 1. The quantitative estimate of drug-likeness (QED) is 0.495. The van der Waals surface area contributed by atoms with E-state index in [0.717, 1.165) is 41.7 Å². The lowest BCUT2D eigenvalue weighted by Crippen LogP contribution is -2.35. The molecule has 0 aliphatic carbocycles. The highest BCUT2D eigenvalue weighted by molar-refractivity contribution is 6.30. The second-order valence-corrected chi connectivity index (χ2v) is 6.78. The molecule has 2 nitrogen and oxygen atoms in total. The molecule has 0 aromatic heterocycles. The number of hydrogen-bond donors (Lipinski definition) is 0. The lowest BCUT2D eigenvalue weighted by molar-refractivity contribution is 0.177. The third-order valence-electron chi connectivity index (χ3n) is 4.25. The van der Waals surface area contributed by atoms with E-state index in [1.807, 2.05) is 24.3 Å². The van der Waals surface area contributed by atoms with E-state index in [1.165, 1.54) is 38.9 Å². The average Bonchev–Trinajstić information content (AvgIpc) is 2.49. The summed E-state index contributed by atoms with van der Waals surface area (Å²) in [4.78, 5) is 2.60. The van der Waals surface area contributed by atoms with Crippen molar-refractivity contribution in [3.63, 3.8) is 0 Å². The van der Waals surface area contributed by atoms with E-state index in [-0.39, 0.29) is 0 Å². The minimum atomic E-state index is 0.753. The van der Waals surface area contributed by atoms with Crippen molar-refractivity contribution in [1.82, 2.24) is 4.90 Å². The molecule has 22 heavy (non-hydrogen) atoms. The Labute approximate surface area is 140 Å². The van der Waals surface area contributed by atoms with Crippen LogP contribution >= 0.6 is 11.6 Å². The molecular weight excluding hydrogens is 294 g/mol. The van der Waals surface area contributed by atoms with Crippen LogP contribution in [-0.2, 0) is 6.42 Å². The van der Waals surface area contributed by atoms with E-state index in [2.05, 4.69) is 18.4 Å². The highest BCUT2D eigenvalue weighted by Crippen LogP contribution is 2.24. The SMILES string of the molecule is C=CCc1cc(Cl)ccc1OCCCCN1CCC[C@H](C)C1. The van der Waals surface area contributed by atoms with E-state index in [4.69, 9.17) is 16.3 Å². The molecule has 122 valence electrons. The Morgan fingerprint density at radius 2 is 2.27 bits per heavy atom. The maximum atomic E-state index is 6.04. The van der Waals surface area contributed by atoms with Gasteiger partial charge in [0, 0.05) is 11.6 Å². The van der Waals surface area contributed by atoms with Crippen molar-refractivity contribution in [3.8, 4) is 5.75 Å². The van der Waals surface area contributed by atoms with Crippen LogP contribution in [0.4, 0.5) is 0 Å². The van der Waals surface area contributed by atoms with Crippen molar-refractivity contribution in [3.05, 3.63) is 41.4 Å². The van der Waals surface area contributed by atoms with Crippen LogP contribution < -0.4 is 4.74 Å². The van der Waals surface area contributed by atoms with Crippen molar-refractivity contribution in [2.45, 2.75) is 39.0 Å². The Morgan fingerprint density at radius 1 is 1.41 bits per heavy atom. The molecule has 1 aromatic carbocycles. The van der Waals surface area contributed by atoms with Crippen LogP contribution in [0.15, 0.2) is 30.9 Å². The summed E-state index contributed by atoms with van der Waals surface area (Å²) in [5.74, 6) is 1.80. The molecule has 2 rings (SSSR count). The molecular formula is C19H28ClNO. The molecule has 0 amide bonds. The minimum Gasteiger partial charge on any atom is -0.493 e. The predicted molar refractivity (Wildman–Crippen MR) is 94.9 cm³/mol. The van der Waals surface area contributed by atoms with Gasteiger partial charge in [0.2, 0.25) is 0 Å². The molecule has 1 atom stereocenters. The van der Waals surface area contributed by atoms with E-state index >= 15 is 0 Å². The Hall–Kier alpha value is -0.990. The Kier molecular flexibility index (Phi) is 7.28. The fourth-order valence-corrected chi connectivity index (χ4v) is 3.31. The first-order valence-corrected chi connectivity index (χ1v) is 8.81. The van der Waals surface area contributed by atoms with E-state index in [0.29, 0.717) is 0 Å². The van der Waals surface area contributed by atoms with Crippen molar-refractivity contribution < 1.29 is 4.74 Å². The zero-order valence-corrected chi connectivity index (χ0v) is 14.4. The number of ether oxygens (including phenoxy) is 1. The molecule has 1 aliphatic heterocycles. The summed E-state index contributed by atoms with van der Waals surface area (Å²) in [6.07, 6.45) is 7.73. The summed E-state index contributed by atoms with van der Waals surface area (Å²) in [6, 6.07) is 5.82. The van der Waals surface area contributed by atoms with Gasteiger partial charge in [-0.2, -0.15) is 0 Å². The minimum absolute atomic E-state index is 0.753. The summed E-state index contributed by atoms with van der Waals surface area (Å²) < 4.78 is 5.93. The van der Waals surface area contributed by atoms with Crippen LogP contribution in [0, 0.1) is 5.92 Å². The maximum absolute atomic E-state index is 6.04. The van der Waals surface area contributed by atoms with Crippen molar-refractivity contribution in [2.24, 2.45) is 5.92 Å². The lowest BCUT2D eigenvalue weighted by atomic mass is 10.0. The Bertz CT molecular complexity index is 475. The van der Waals surface area contributed by atoms with Crippen molar-refractivity contribution >= 4 is 11.6 Å². The zero-order chi connectivity index (χ0) is 15.8. The number of halogens is 1. The van der Waals surface area contributed by atoms with E-state index < -0.39 is 0 Å². The summed E-state index contributed by atoms with van der Waals surface area (Å²) in [5.41, 5.74) is 1.12. The predicted octanol–water partition coefficient (Wildman–Crippen LogP) is 4.96. The molecule has 1 aliphatic rings. The van der Waals surface area contributed by atoms with Gasteiger partial charge in [-0.15, -0.1) is 6.58 Å². The highest BCUT2D eigenvalue weighted by Gasteiger charge is 2.15. The number of piperidine rings is 1. The topological polar surface area (TPSA) is 12.5 Å². The van der Waals surface area contributed by atoms with Gasteiger partial charge in [-0.3, -0.25) is 0 Å². The van der Waals surface area contributed by atoms with Gasteiger partial charge >= 0.3 is 0 Å². The van der Waals surface area contributed by atoms with Gasteiger partial charge in [0.05, 0.1) is 6.61 Å². The van der Waals surface area contributed by atoms with Gasteiger partial charge in [-0.1, -0.05) is 24.6 Å². The third-order valence-corrected chi connectivity index (χ3v) is 4.49. The van der Waals surface area contributed by atoms with Gasteiger partial charge in [0.15, 0.2) is 0 Å². The fraction of sp³-hybridized carbons (Fsp3) is 0.579. The third kappa shape index (κ3) is 5.66. The molecule has 1 aromatic rings. The molecule has 0 N–H and O–H groups in total. The second kappa shape index (κ2) is 9.22. The fourth-order valence-electron chi connectivity index (χ4n) is 3.11. The Morgan fingerprint density at radius 3 is 3.05 bits per heavy atom. The first-order chi connectivity index (χ1) is 10.7. The summed E-state index contributed by atoms with van der Waals surface area (Å²) in [5, 5.41) is 0.753. The highest BCUT2D eigenvalue weighted by atomic mass is 35.5. The molecule has 1 saturated heterocycles. The molecule has 0 unspecified atom stereocenters. The Balaban J connectivity index is 1.69.